The van der Waals surface area contributed by atoms with Gasteiger partial charge in [0.2, 0.25) is 0 Å². The highest BCUT2D eigenvalue weighted by atomic mass is 35.5. The maximum absolute atomic E-state index is 12.5. The zero-order valence-corrected chi connectivity index (χ0v) is 10.7. The summed E-state index contributed by atoms with van der Waals surface area (Å²) in [5.74, 6) is -1.80. The molecule has 0 fully saturated rings. The van der Waals surface area contributed by atoms with Gasteiger partial charge >= 0.3 is 12.1 Å². The molecule has 2 aromatic rings. The molecule has 0 saturated heterocycles. The van der Waals surface area contributed by atoms with E-state index in [0.717, 1.165) is 12.1 Å². The van der Waals surface area contributed by atoms with Gasteiger partial charge in [-0.1, -0.05) is 11.6 Å². The quantitative estimate of drug-likeness (QED) is 0.915. The van der Waals surface area contributed by atoms with Crippen molar-refractivity contribution in [3.05, 3.63) is 51.0 Å². The van der Waals surface area contributed by atoms with Gasteiger partial charge in [-0.25, -0.2) is 9.78 Å². The van der Waals surface area contributed by atoms with E-state index in [-0.39, 0.29) is 0 Å². The maximum atomic E-state index is 12.5. The van der Waals surface area contributed by atoms with Crippen LogP contribution in [0.4, 0.5) is 13.2 Å². The summed E-state index contributed by atoms with van der Waals surface area (Å²) in [4.78, 5) is 25.8. The third kappa shape index (κ3) is 3.02. The number of rotatable bonds is 2. The lowest BCUT2D eigenvalue weighted by Crippen LogP contribution is -2.24. The van der Waals surface area contributed by atoms with Crippen LogP contribution in [-0.2, 0) is 6.18 Å². The van der Waals surface area contributed by atoms with Crippen LogP contribution in [0.3, 0.4) is 0 Å². The minimum absolute atomic E-state index is 0.391. The van der Waals surface area contributed by atoms with Crippen molar-refractivity contribution < 1.29 is 23.1 Å². The molecule has 0 unspecified atom stereocenters. The molecular formula is C11H5ClF3N3O3. The van der Waals surface area contributed by atoms with Crippen molar-refractivity contribution in [2.75, 3.05) is 0 Å². The zero-order chi connectivity index (χ0) is 15.8. The molecule has 6 nitrogen and oxygen atoms in total. The molecule has 0 aromatic carbocycles. The lowest BCUT2D eigenvalue weighted by molar-refractivity contribution is -0.137. The molecule has 0 radical (unpaired) electrons. The summed E-state index contributed by atoms with van der Waals surface area (Å²) in [7, 11) is 0. The second kappa shape index (κ2) is 5.17. The molecule has 0 atom stereocenters. The Morgan fingerprint density at radius 1 is 1.33 bits per heavy atom. The number of aromatic carboxylic acids is 1. The molecule has 2 heterocycles. The van der Waals surface area contributed by atoms with E-state index in [1.54, 1.807) is 0 Å². The summed E-state index contributed by atoms with van der Waals surface area (Å²) in [6.07, 6.45) is -4.17. The number of aromatic nitrogens is 3. The second-order valence-electron chi connectivity index (χ2n) is 3.80. The Balaban J connectivity index is 2.60. The lowest BCUT2D eigenvalue weighted by atomic mass is 10.3. The number of alkyl halides is 3. The van der Waals surface area contributed by atoms with E-state index < -0.39 is 39.8 Å². The molecule has 2 rings (SSSR count). The smallest absolute Gasteiger partial charge is 0.417 e. The summed E-state index contributed by atoms with van der Waals surface area (Å²) >= 11 is 5.66. The van der Waals surface area contributed by atoms with Crippen LogP contribution < -0.4 is 5.56 Å². The van der Waals surface area contributed by atoms with Crippen LogP contribution in [0.1, 0.15) is 16.1 Å². The van der Waals surface area contributed by atoms with Crippen LogP contribution in [0.2, 0.25) is 5.02 Å². The van der Waals surface area contributed by atoms with Crippen LogP contribution in [0.25, 0.3) is 5.82 Å². The van der Waals surface area contributed by atoms with Crippen LogP contribution in [0.5, 0.6) is 0 Å². The number of carbonyl (C=O) groups is 1. The van der Waals surface area contributed by atoms with Crippen molar-refractivity contribution in [3.8, 4) is 5.82 Å². The number of carboxylic acid groups (broad SMARTS) is 1. The molecule has 0 bridgehead atoms. The van der Waals surface area contributed by atoms with Crippen molar-refractivity contribution >= 4 is 17.6 Å². The Hall–Kier alpha value is -2.42. The van der Waals surface area contributed by atoms with Gasteiger partial charge in [0, 0.05) is 12.3 Å². The average molecular weight is 320 g/mol. The van der Waals surface area contributed by atoms with E-state index in [1.807, 2.05) is 0 Å². The van der Waals surface area contributed by atoms with Crippen molar-refractivity contribution in [1.29, 1.82) is 0 Å². The largest absolute Gasteiger partial charge is 0.476 e. The number of nitrogens with zero attached hydrogens (tertiary/aromatic N) is 3. The fourth-order valence-corrected chi connectivity index (χ4v) is 1.66. The summed E-state index contributed by atoms with van der Waals surface area (Å²) in [6.45, 7) is 0. The van der Waals surface area contributed by atoms with Gasteiger partial charge in [0.05, 0.1) is 10.6 Å². The Morgan fingerprint density at radius 2 is 2.00 bits per heavy atom. The molecular weight excluding hydrogens is 315 g/mol. The van der Waals surface area contributed by atoms with E-state index in [2.05, 4.69) is 10.1 Å². The summed E-state index contributed by atoms with van der Waals surface area (Å²) in [5.41, 5.74) is -2.36. The standard InChI is InChI=1S/C11H5ClF3N3O3/c12-6-3-5(11(13,14)15)4-16-9(6)18-8(19)2-1-7(17-18)10(20)21/h1-4H,(H,20,21). The molecule has 0 aliphatic rings. The summed E-state index contributed by atoms with van der Waals surface area (Å²) < 4.78 is 38.0. The van der Waals surface area contributed by atoms with Gasteiger partial charge in [0.1, 0.15) is 0 Å². The Bertz CT molecular complexity index is 773. The van der Waals surface area contributed by atoms with Crippen LogP contribution in [0, 0.1) is 0 Å². The minimum atomic E-state index is -4.64. The fourth-order valence-electron chi connectivity index (χ4n) is 1.42. The Labute approximate surface area is 119 Å². The van der Waals surface area contributed by atoms with Gasteiger partial charge in [-0.15, -0.1) is 0 Å². The summed E-state index contributed by atoms with van der Waals surface area (Å²) in [6, 6.07) is 2.43. The van der Waals surface area contributed by atoms with E-state index in [0.29, 0.717) is 16.9 Å². The number of hydrogen-bond acceptors (Lipinski definition) is 4. The van der Waals surface area contributed by atoms with Gasteiger partial charge in [-0.3, -0.25) is 4.79 Å². The van der Waals surface area contributed by atoms with Crippen molar-refractivity contribution in [2.24, 2.45) is 0 Å². The molecule has 10 heteroatoms. The Kier molecular flexibility index (Phi) is 3.69. The normalized spacial score (nSPS) is 11.4. The van der Waals surface area contributed by atoms with E-state index in [1.165, 1.54) is 0 Å². The minimum Gasteiger partial charge on any atom is -0.476 e. The van der Waals surface area contributed by atoms with E-state index in [4.69, 9.17) is 16.7 Å². The van der Waals surface area contributed by atoms with Crippen molar-refractivity contribution in [2.45, 2.75) is 6.18 Å². The first kappa shape index (κ1) is 15.0. The topological polar surface area (TPSA) is 85.1 Å². The van der Waals surface area contributed by atoms with Crippen LogP contribution in [-0.4, -0.2) is 25.8 Å². The lowest BCUT2D eigenvalue weighted by Gasteiger charge is -2.10. The fraction of sp³-hybridized carbons (Fsp3) is 0.0909. The summed E-state index contributed by atoms with van der Waals surface area (Å²) in [5, 5.41) is 11.8. The Morgan fingerprint density at radius 3 is 2.52 bits per heavy atom. The number of carboxylic acids is 1. The van der Waals surface area contributed by atoms with Crippen LogP contribution >= 0.6 is 11.6 Å². The molecule has 1 N–H and O–H groups in total. The number of pyridine rings is 1. The number of halogens is 4. The second-order valence-corrected chi connectivity index (χ2v) is 4.21. The average Bonchev–Trinajstić information content (AvgIpc) is 2.38. The first-order chi connectivity index (χ1) is 9.70. The van der Waals surface area contributed by atoms with Crippen molar-refractivity contribution in [3.63, 3.8) is 0 Å². The predicted octanol–water partition coefficient (Wildman–Crippen LogP) is 2.00. The predicted molar refractivity (Wildman–Crippen MR) is 64.6 cm³/mol. The van der Waals surface area contributed by atoms with Crippen LogP contribution in [0.15, 0.2) is 29.2 Å². The van der Waals surface area contributed by atoms with Gasteiger partial charge in [0.15, 0.2) is 11.5 Å². The zero-order valence-electron chi connectivity index (χ0n) is 9.93. The molecule has 21 heavy (non-hydrogen) atoms. The van der Waals surface area contributed by atoms with Gasteiger partial charge in [0.25, 0.3) is 5.56 Å². The van der Waals surface area contributed by atoms with Gasteiger partial charge in [-0.05, 0) is 12.1 Å². The number of hydrogen-bond donors (Lipinski definition) is 1. The third-order valence-corrected chi connectivity index (χ3v) is 2.65. The molecule has 0 spiro atoms. The highest BCUT2D eigenvalue weighted by Gasteiger charge is 2.31. The van der Waals surface area contributed by atoms with E-state index in [9.17, 15) is 22.8 Å². The van der Waals surface area contributed by atoms with Gasteiger partial charge in [-0.2, -0.15) is 23.0 Å². The highest BCUT2D eigenvalue weighted by molar-refractivity contribution is 6.32. The third-order valence-electron chi connectivity index (χ3n) is 2.37. The highest BCUT2D eigenvalue weighted by Crippen LogP contribution is 2.31. The molecule has 0 aliphatic heterocycles. The van der Waals surface area contributed by atoms with E-state index >= 15 is 0 Å². The molecule has 110 valence electrons. The first-order valence-electron chi connectivity index (χ1n) is 5.27. The van der Waals surface area contributed by atoms with Gasteiger partial charge < -0.3 is 5.11 Å². The molecule has 0 saturated carbocycles. The molecule has 2 aromatic heterocycles. The molecule has 0 aliphatic carbocycles. The first-order valence-corrected chi connectivity index (χ1v) is 5.65. The van der Waals surface area contributed by atoms with Crippen molar-refractivity contribution in [1.82, 2.24) is 14.8 Å². The monoisotopic (exact) mass is 319 g/mol. The maximum Gasteiger partial charge on any atom is 0.417 e. The molecule has 0 amide bonds. The SMILES string of the molecule is O=C(O)c1ccc(=O)n(-c2ncc(C(F)(F)F)cc2Cl)n1.